The van der Waals surface area contributed by atoms with Crippen LogP contribution in [0.25, 0.3) is 20.7 Å². The molecule has 3 aromatic heterocycles. The first-order valence-corrected chi connectivity index (χ1v) is 10.0. The van der Waals surface area contributed by atoms with Crippen LogP contribution in [-0.4, -0.2) is 34.2 Å². The van der Waals surface area contributed by atoms with Crippen LogP contribution < -0.4 is 0 Å². The molecule has 1 fully saturated rings. The quantitative estimate of drug-likeness (QED) is 0.458. The van der Waals surface area contributed by atoms with E-state index in [1.165, 1.54) is 30.4 Å². The lowest BCUT2D eigenvalue weighted by molar-refractivity contribution is 0.422. The predicted molar refractivity (Wildman–Crippen MR) is 110 cm³/mol. The van der Waals surface area contributed by atoms with E-state index in [-0.39, 0.29) is 0 Å². The molecule has 0 radical (unpaired) electrons. The topological polar surface area (TPSA) is 41.4 Å². The summed E-state index contributed by atoms with van der Waals surface area (Å²) in [7, 11) is 0. The Hall–Kier alpha value is -2.60. The third-order valence-corrected chi connectivity index (χ3v) is 5.76. The molecule has 4 nitrogen and oxygen atoms in total. The van der Waals surface area contributed by atoms with Crippen molar-refractivity contribution in [1.82, 2.24) is 14.9 Å². The van der Waals surface area contributed by atoms with Gasteiger partial charge in [0.1, 0.15) is 10.7 Å². The van der Waals surface area contributed by atoms with Gasteiger partial charge in [-0.15, -0.1) is 11.3 Å². The SMILES string of the molecule is C/C=C(\N=CCc1ccc2cc(-c3cccnc3F)sc2n1)N1CCCC1. The number of halogens is 1. The van der Waals surface area contributed by atoms with Crippen molar-refractivity contribution in [3.05, 3.63) is 60.1 Å². The number of hydrogen-bond acceptors (Lipinski definition) is 5. The van der Waals surface area contributed by atoms with Crippen LogP contribution in [0, 0.1) is 5.95 Å². The van der Waals surface area contributed by atoms with Gasteiger partial charge in [0.2, 0.25) is 5.95 Å². The van der Waals surface area contributed by atoms with Gasteiger partial charge in [0.15, 0.2) is 0 Å². The van der Waals surface area contributed by atoms with E-state index in [4.69, 9.17) is 4.98 Å². The van der Waals surface area contributed by atoms with Gasteiger partial charge in [-0.05, 0) is 50.1 Å². The Labute approximate surface area is 162 Å². The maximum Gasteiger partial charge on any atom is 0.221 e. The van der Waals surface area contributed by atoms with Crippen molar-refractivity contribution in [2.45, 2.75) is 26.2 Å². The highest BCUT2D eigenvalue weighted by molar-refractivity contribution is 7.21. The van der Waals surface area contributed by atoms with E-state index in [2.05, 4.69) is 21.0 Å². The van der Waals surface area contributed by atoms with E-state index in [0.717, 1.165) is 39.7 Å². The largest absolute Gasteiger partial charge is 0.357 e. The smallest absolute Gasteiger partial charge is 0.221 e. The number of thiophene rings is 1. The minimum Gasteiger partial charge on any atom is -0.357 e. The molecule has 3 aromatic rings. The van der Waals surface area contributed by atoms with Gasteiger partial charge < -0.3 is 4.90 Å². The molecule has 138 valence electrons. The lowest BCUT2D eigenvalue weighted by atomic mass is 10.2. The molecule has 1 aliphatic heterocycles. The second-order valence-corrected chi connectivity index (χ2v) is 7.54. The minimum atomic E-state index is -0.447. The van der Waals surface area contributed by atoms with Gasteiger partial charge in [0.25, 0.3) is 0 Å². The fourth-order valence-corrected chi connectivity index (χ4v) is 4.35. The Morgan fingerprint density at radius 2 is 2.15 bits per heavy atom. The van der Waals surface area contributed by atoms with Crippen molar-refractivity contribution in [1.29, 1.82) is 0 Å². The van der Waals surface area contributed by atoms with Crippen LogP contribution in [0.2, 0.25) is 0 Å². The standard InChI is InChI=1S/C21H21FN4S/c1-2-19(26-12-3-4-13-26)23-11-9-16-8-7-15-14-18(27-21(15)25-16)17-6-5-10-24-20(17)22/h2,5-8,10-11,14H,3-4,9,12-13H2,1H3/b19-2+,23-11?. The van der Waals surface area contributed by atoms with Gasteiger partial charge >= 0.3 is 0 Å². The summed E-state index contributed by atoms with van der Waals surface area (Å²) in [6.45, 7) is 4.20. The van der Waals surface area contributed by atoms with Crippen molar-refractivity contribution < 1.29 is 4.39 Å². The van der Waals surface area contributed by atoms with E-state index in [1.807, 2.05) is 31.3 Å². The van der Waals surface area contributed by atoms with Crippen LogP contribution in [0.3, 0.4) is 0 Å². The first-order valence-electron chi connectivity index (χ1n) is 9.19. The molecular weight excluding hydrogens is 359 g/mol. The highest BCUT2D eigenvalue weighted by Gasteiger charge is 2.13. The van der Waals surface area contributed by atoms with Crippen LogP contribution in [-0.2, 0) is 6.42 Å². The zero-order chi connectivity index (χ0) is 18.6. The van der Waals surface area contributed by atoms with Crippen LogP contribution in [0.1, 0.15) is 25.5 Å². The number of allylic oxidation sites excluding steroid dienone is 1. The zero-order valence-corrected chi connectivity index (χ0v) is 16.0. The van der Waals surface area contributed by atoms with Crippen molar-refractivity contribution in [3.63, 3.8) is 0 Å². The lowest BCUT2D eigenvalue weighted by Gasteiger charge is -2.17. The van der Waals surface area contributed by atoms with Gasteiger partial charge in [-0.1, -0.05) is 6.07 Å². The van der Waals surface area contributed by atoms with Crippen molar-refractivity contribution in [3.8, 4) is 10.4 Å². The molecular formula is C21H21FN4S. The van der Waals surface area contributed by atoms with Crippen LogP contribution in [0.5, 0.6) is 0 Å². The van der Waals surface area contributed by atoms with Crippen molar-refractivity contribution >= 4 is 27.8 Å². The summed E-state index contributed by atoms with van der Waals surface area (Å²) in [5.41, 5.74) is 1.48. The molecule has 1 aliphatic rings. The van der Waals surface area contributed by atoms with Gasteiger partial charge in [-0.3, -0.25) is 0 Å². The molecule has 0 aliphatic carbocycles. The molecule has 6 heteroatoms. The average molecular weight is 380 g/mol. The number of aliphatic imine (C=N–C) groups is 1. The summed E-state index contributed by atoms with van der Waals surface area (Å²) < 4.78 is 13.9. The van der Waals surface area contributed by atoms with Crippen LogP contribution in [0.4, 0.5) is 4.39 Å². The third-order valence-electron chi connectivity index (χ3n) is 4.68. The van der Waals surface area contributed by atoms with Crippen molar-refractivity contribution in [2.24, 2.45) is 4.99 Å². The molecule has 4 rings (SSSR count). The fourth-order valence-electron chi connectivity index (χ4n) is 3.29. The van der Waals surface area contributed by atoms with E-state index in [9.17, 15) is 4.39 Å². The van der Waals surface area contributed by atoms with E-state index in [0.29, 0.717) is 12.0 Å². The Morgan fingerprint density at radius 3 is 2.93 bits per heavy atom. The molecule has 0 amide bonds. The molecule has 0 spiro atoms. The number of pyridine rings is 2. The zero-order valence-electron chi connectivity index (χ0n) is 15.2. The Balaban J connectivity index is 1.52. The van der Waals surface area contributed by atoms with Gasteiger partial charge in [0.05, 0.1) is 0 Å². The van der Waals surface area contributed by atoms with Gasteiger partial charge in [0, 0.05) is 53.4 Å². The molecule has 0 saturated carbocycles. The first-order chi connectivity index (χ1) is 13.2. The summed E-state index contributed by atoms with van der Waals surface area (Å²) in [4.78, 5) is 17.2. The lowest BCUT2D eigenvalue weighted by Crippen LogP contribution is -2.17. The number of fused-ring (bicyclic) bond motifs is 1. The maximum absolute atomic E-state index is 13.9. The number of rotatable bonds is 5. The Morgan fingerprint density at radius 1 is 1.30 bits per heavy atom. The number of aromatic nitrogens is 2. The summed E-state index contributed by atoms with van der Waals surface area (Å²) in [6, 6.07) is 9.51. The first kappa shape index (κ1) is 17.8. The normalized spacial score (nSPS) is 15.3. The summed E-state index contributed by atoms with van der Waals surface area (Å²) in [5, 5.41) is 1.02. The second-order valence-electron chi connectivity index (χ2n) is 6.51. The van der Waals surface area contributed by atoms with Crippen LogP contribution >= 0.6 is 11.3 Å². The highest BCUT2D eigenvalue weighted by atomic mass is 32.1. The minimum absolute atomic E-state index is 0.447. The molecule has 0 unspecified atom stereocenters. The van der Waals surface area contributed by atoms with E-state index >= 15 is 0 Å². The highest BCUT2D eigenvalue weighted by Crippen LogP contribution is 2.33. The molecule has 27 heavy (non-hydrogen) atoms. The summed E-state index contributed by atoms with van der Waals surface area (Å²) in [5.74, 6) is 0.594. The van der Waals surface area contributed by atoms with Gasteiger partial charge in [-0.2, -0.15) is 4.39 Å². The predicted octanol–water partition coefficient (Wildman–Crippen LogP) is 5.07. The monoisotopic (exact) mass is 380 g/mol. The Bertz CT molecular complexity index is 1000. The number of nitrogens with zero attached hydrogens (tertiary/aromatic N) is 4. The molecule has 0 aromatic carbocycles. The van der Waals surface area contributed by atoms with Crippen molar-refractivity contribution in [2.75, 3.05) is 13.1 Å². The molecule has 0 N–H and O–H groups in total. The molecule has 0 bridgehead atoms. The second kappa shape index (κ2) is 7.96. The third kappa shape index (κ3) is 3.90. The number of likely N-dealkylation sites (tertiary alicyclic amines) is 1. The average Bonchev–Trinajstić information content (AvgIpc) is 3.35. The van der Waals surface area contributed by atoms with Crippen LogP contribution in [0.15, 0.2) is 53.4 Å². The summed E-state index contributed by atoms with van der Waals surface area (Å²) in [6.07, 6.45) is 8.61. The Kier molecular flexibility index (Phi) is 5.25. The van der Waals surface area contributed by atoms with E-state index in [1.54, 1.807) is 12.1 Å². The van der Waals surface area contributed by atoms with E-state index < -0.39 is 5.95 Å². The summed E-state index contributed by atoms with van der Waals surface area (Å²) >= 11 is 1.49. The molecule has 4 heterocycles. The fraction of sp³-hybridized carbons (Fsp3) is 0.286. The maximum atomic E-state index is 13.9. The molecule has 0 atom stereocenters. The van der Waals surface area contributed by atoms with Gasteiger partial charge in [-0.25, -0.2) is 15.0 Å². The number of hydrogen-bond donors (Lipinski definition) is 0. The molecule has 1 saturated heterocycles.